The maximum atomic E-state index is 11.2. The zero-order chi connectivity index (χ0) is 12.6. The van der Waals surface area contributed by atoms with E-state index in [1.54, 1.807) is 0 Å². The average Bonchev–Trinajstić information content (AvgIpc) is 3.01. The largest absolute Gasteiger partial charge is 0.508 e. The SMILES string of the molecule is O=C(OCCN1CCOC1)OCCN1CCOC1. The summed E-state index contributed by atoms with van der Waals surface area (Å²) >= 11 is 0. The van der Waals surface area contributed by atoms with E-state index in [9.17, 15) is 4.79 Å². The van der Waals surface area contributed by atoms with Gasteiger partial charge in [-0.05, 0) is 0 Å². The van der Waals surface area contributed by atoms with Gasteiger partial charge in [-0.25, -0.2) is 4.79 Å². The van der Waals surface area contributed by atoms with Gasteiger partial charge in [0, 0.05) is 26.2 Å². The lowest BCUT2D eigenvalue weighted by molar-refractivity contribution is 0.0373. The van der Waals surface area contributed by atoms with E-state index in [4.69, 9.17) is 18.9 Å². The molecule has 0 aliphatic carbocycles. The van der Waals surface area contributed by atoms with Crippen LogP contribution in [0.5, 0.6) is 0 Å². The maximum absolute atomic E-state index is 11.2. The molecule has 0 aromatic rings. The molecule has 0 unspecified atom stereocenters. The van der Waals surface area contributed by atoms with Crippen LogP contribution in [0.25, 0.3) is 0 Å². The summed E-state index contributed by atoms with van der Waals surface area (Å²) in [6.45, 7) is 6.60. The number of nitrogens with zero attached hydrogens (tertiary/aromatic N) is 2. The van der Waals surface area contributed by atoms with E-state index in [0.717, 1.165) is 26.3 Å². The molecule has 0 spiro atoms. The molecule has 2 rings (SSSR count). The fourth-order valence-electron chi connectivity index (χ4n) is 1.81. The van der Waals surface area contributed by atoms with E-state index in [0.29, 0.717) is 39.8 Å². The second-order valence-corrected chi connectivity index (χ2v) is 4.26. The fourth-order valence-corrected chi connectivity index (χ4v) is 1.81. The Labute approximate surface area is 107 Å². The highest BCUT2D eigenvalue weighted by molar-refractivity contribution is 5.59. The number of ether oxygens (including phenoxy) is 4. The topological polar surface area (TPSA) is 60.5 Å². The minimum atomic E-state index is -0.602. The lowest BCUT2D eigenvalue weighted by atomic mass is 10.5. The molecule has 2 fully saturated rings. The third-order valence-corrected chi connectivity index (χ3v) is 2.91. The van der Waals surface area contributed by atoms with Gasteiger partial charge in [-0.3, -0.25) is 9.80 Å². The normalized spacial score (nSPS) is 21.3. The molecule has 2 aliphatic rings. The number of carbonyl (C=O) groups is 1. The van der Waals surface area contributed by atoms with Crippen LogP contribution in [0, 0.1) is 0 Å². The molecular formula is C11H20N2O5. The van der Waals surface area contributed by atoms with Crippen LogP contribution < -0.4 is 0 Å². The lowest BCUT2D eigenvalue weighted by Crippen LogP contribution is -2.28. The van der Waals surface area contributed by atoms with Crippen molar-refractivity contribution in [1.29, 1.82) is 0 Å². The van der Waals surface area contributed by atoms with Gasteiger partial charge in [0.15, 0.2) is 0 Å². The Morgan fingerprint density at radius 2 is 1.44 bits per heavy atom. The number of carbonyl (C=O) groups excluding carboxylic acids is 1. The van der Waals surface area contributed by atoms with Crippen LogP contribution in [-0.2, 0) is 18.9 Å². The zero-order valence-electron chi connectivity index (χ0n) is 10.5. The summed E-state index contributed by atoms with van der Waals surface area (Å²) < 4.78 is 20.3. The zero-order valence-corrected chi connectivity index (χ0v) is 10.5. The van der Waals surface area contributed by atoms with Gasteiger partial charge in [0.25, 0.3) is 0 Å². The molecule has 104 valence electrons. The molecule has 7 heteroatoms. The maximum Gasteiger partial charge on any atom is 0.508 e. The Hall–Kier alpha value is -0.890. The van der Waals surface area contributed by atoms with Crippen molar-refractivity contribution in [3.8, 4) is 0 Å². The monoisotopic (exact) mass is 260 g/mol. The van der Waals surface area contributed by atoms with Crippen molar-refractivity contribution in [3.63, 3.8) is 0 Å². The summed E-state index contributed by atoms with van der Waals surface area (Å²) in [6, 6.07) is 0. The molecule has 0 bridgehead atoms. The van der Waals surface area contributed by atoms with Crippen molar-refractivity contribution in [2.45, 2.75) is 0 Å². The fraction of sp³-hybridized carbons (Fsp3) is 0.909. The minimum absolute atomic E-state index is 0.342. The average molecular weight is 260 g/mol. The Kier molecular flexibility index (Phi) is 5.66. The van der Waals surface area contributed by atoms with Gasteiger partial charge < -0.3 is 18.9 Å². The number of hydrogen-bond donors (Lipinski definition) is 0. The predicted octanol–water partition coefficient (Wildman–Crippen LogP) is -0.281. The van der Waals surface area contributed by atoms with Crippen molar-refractivity contribution in [2.75, 3.05) is 66.1 Å². The van der Waals surface area contributed by atoms with Gasteiger partial charge in [-0.1, -0.05) is 0 Å². The minimum Gasteiger partial charge on any atom is -0.433 e. The van der Waals surface area contributed by atoms with Crippen LogP contribution in [0.3, 0.4) is 0 Å². The summed E-state index contributed by atoms with van der Waals surface area (Å²) in [5.74, 6) is 0. The molecule has 18 heavy (non-hydrogen) atoms. The highest BCUT2D eigenvalue weighted by Gasteiger charge is 2.14. The first-order valence-electron chi connectivity index (χ1n) is 6.24. The van der Waals surface area contributed by atoms with Gasteiger partial charge in [0.05, 0.1) is 26.7 Å². The third kappa shape index (κ3) is 4.77. The summed E-state index contributed by atoms with van der Waals surface area (Å²) in [6.07, 6.45) is -0.602. The highest BCUT2D eigenvalue weighted by atomic mass is 16.7. The Morgan fingerprint density at radius 1 is 0.944 bits per heavy atom. The number of rotatable bonds is 6. The molecular weight excluding hydrogens is 240 g/mol. The molecule has 0 aromatic carbocycles. The van der Waals surface area contributed by atoms with E-state index >= 15 is 0 Å². The van der Waals surface area contributed by atoms with Crippen molar-refractivity contribution in [3.05, 3.63) is 0 Å². The van der Waals surface area contributed by atoms with E-state index in [1.165, 1.54) is 0 Å². The highest BCUT2D eigenvalue weighted by Crippen LogP contribution is 1.99. The summed E-state index contributed by atoms with van der Waals surface area (Å²) in [5.41, 5.74) is 0. The third-order valence-electron chi connectivity index (χ3n) is 2.91. The molecule has 0 saturated carbocycles. The van der Waals surface area contributed by atoms with Gasteiger partial charge in [0.1, 0.15) is 13.2 Å². The van der Waals surface area contributed by atoms with Crippen molar-refractivity contribution in [2.24, 2.45) is 0 Å². The van der Waals surface area contributed by atoms with Crippen LogP contribution in [0.4, 0.5) is 4.79 Å². The van der Waals surface area contributed by atoms with Crippen LogP contribution in [-0.4, -0.2) is 82.0 Å². The Balaban J connectivity index is 1.44. The molecule has 0 radical (unpaired) electrons. The summed E-state index contributed by atoms with van der Waals surface area (Å²) in [7, 11) is 0. The first-order valence-corrected chi connectivity index (χ1v) is 6.24. The predicted molar refractivity (Wildman–Crippen MR) is 62.1 cm³/mol. The molecule has 2 saturated heterocycles. The quantitative estimate of drug-likeness (QED) is 0.609. The van der Waals surface area contributed by atoms with E-state index in [1.807, 2.05) is 0 Å². The van der Waals surface area contributed by atoms with E-state index < -0.39 is 6.16 Å². The van der Waals surface area contributed by atoms with E-state index in [-0.39, 0.29) is 0 Å². The molecule has 0 N–H and O–H groups in total. The molecule has 0 amide bonds. The van der Waals surface area contributed by atoms with E-state index in [2.05, 4.69) is 9.80 Å². The summed E-state index contributed by atoms with van der Waals surface area (Å²) in [5, 5.41) is 0. The van der Waals surface area contributed by atoms with Crippen LogP contribution in [0.2, 0.25) is 0 Å². The molecule has 2 aliphatic heterocycles. The van der Waals surface area contributed by atoms with Gasteiger partial charge >= 0.3 is 6.16 Å². The van der Waals surface area contributed by atoms with Gasteiger partial charge in [0.2, 0.25) is 0 Å². The Bertz CT molecular complexity index is 228. The standard InChI is InChI=1S/C11H20N2O5/c14-11(17-7-3-12-1-5-15-9-12)18-8-4-13-2-6-16-10-13/h1-10H2. The molecule has 2 heterocycles. The molecule has 7 nitrogen and oxygen atoms in total. The second-order valence-electron chi connectivity index (χ2n) is 4.26. The van der Waals surface area contributed by atoms with Crippen LogP contribution >= 0.6 is 0 Å². The number of hydrogen-bond acceptors (Lipinski definition) is 7. The van der Waals surface area contributed by atoms with Crippen molar-refractivity contribution in [1.82, 2.24) is 9.80 Å². The Morgan fingerprint density at radius 3 is 1.83 bits per heavy atom. The first-order chi connectivity index (χ1) is 8.84. The van der Waals surface area contributed by atoms with Crippen molar-refractivity contribution < 1.29 is 23.7 Å². The molecule has 0 aromatic heterocycles. The smallest absolute Gasteiger partial charge is 0.433 e. The van der Waals surface area contributed by atoms with Crippen LogP contribution in [0.1, 0.15) is 0 Å². The first kappa shape index (κ1) is 13.5. The van der Waals surface area contributed by atoms with Gasteiger partial charge in [-0.15, -0.1) is 0 Å². The second kappa shape index (κ2) is 7.52. The molecule has 0 atom stereocenters. The summed E-state index contributed by atoms with van der Waals surface area (Å²) in [4.78, 5) is 15.4. The lowest BCUT2D eigenvalue weighted by Gasteiger charge is -2.14. The van der Waals surface area contributed by atoms with Gasteiger partial charge in [-0.2, -0.15) is 0 Å². The van der Waals surface area contributed by atoms with Crippen molar-refractivity contribution >= 4 is 6.16 Å². The van der Waals surface area contributed by atoms with Crippen LogP contribution in [0.15, 0.2) is 0 Å².